The monoisotopic (exact) mass is 230 g/mol. The van der Waals surface area contributed by atoms with Crippen LogP contribution in [0.25, 0.3) is 0 Å². The van der Waals surface area contributed by atoms with E-state index < -0.39 is 5.92 Å². The first-order chi connectivity index (χ1) is 7.51. The maximum Gasteiger partial charge on any atom is 0.245 e. The summed E-state index contributed by atoms with van der Waals surface area (Å²) >= 11 is 0. The summed E-state index contributed by atoms with van der Waals surface area (Å²) in [7, 11) is 0. The average Bonchev–Trinajstić information content (AvgIpc) is 2.60. The minimum absolute atomic E-state index is 0.146. The van der Waals surface area contributed by atoms with Crippen LogP contribution in [0.5, 0.6) is 0 Å². The van der Waals surface area contributed by atoms with Crippen molar-refractivity contribution in [2.45, 2.75) is 38.5 Å². The lowest BCUT2D eigenvalue weighted by atomic mass is 10.1. The number of alkyl halides is 2. The Kier molecular flexibility index (Phi) is 4.31. The van der Waals surface area contributed by atoms with E-state index >= 15 is 0 Å². The van der Waals surface area contributed by atoms with Gasteiger partial charge in [-0.05, 0) is 19.8 Å². The Morgan fingerprint density at radius 1 is 1.56 bits per heavy atom. The highest BCUT2D eigenvalue weighted by atomic mass is 19.3. The summed E-state index contributed by atoms with van der Waals surface area (Å²) in [5, 5.41) is 0. The summed E-state index contributed by atoms with van der Waals surface area (Å²) in [5.41, 5.74) is 0. The first kappa shape index (κ1) is 12.5. The number of unbranched alkanes of at least 4 members (excludes halogenated alkanes) is 1. The van der Waals surface area contributed by atoms with E-state index in [0.29, 0.717) is 25.2 Å². The van der Waals surface area contributed by atoms with E-state index in [-0.39, 0.29) is 12.2 Å². The zero-order valence-electron chi connectivity index (χ0n) is 8.87. The van der Waals surface area contributed by atoms with Crippen LogP contribution >= 0.6 is 0 Å². The number of oxazole rings is 1. The predicted molar refractivity (Wildman–Crippen MR) is 52.5 cm³/mol. The molecule has 0 atom stereocenters. The summed E-state index contributed by atoms with van der Waals surface area (Å²) < 4.78 is 29.9. The van der Waals surface area contributed by atoms with E-state index in [9.17, 15) is 13.6 Å². The van der Waals surface area contributed by atoms with Crippen molar-refractivity contribution in [2.24, 2.45) is 4.99 Å². The van der Waals surface area contributed by atoms with Crippen molar-refractivity contribution in [3.63, 3.8) is 0 Å². The van der Waals surface area contributed by atoms with Crippen LogP contribution in [0, 0.1) is 0 Å². The van der Waals surface area contributed by atoms with Gasteiger partial charge in [0.05, 0.1) is 0 Å². The fraction of sp³-hybridized carbons (Fsp3) is 0.600. The maximum atomic E-state index is 12.5. The molecule has 16 heavy (non-hydrogen) atoms. The van der Waals surface area contributed by atoms with Crippen molar-refractivity contribution >= 4 is 11.9 Å². The van der Waals surface area contributed by atoms with E-state index in [1.807, 2.05) is 0 Å². The molecule has 88 valence electrons. The number of nitrogens with zero attached hydrogens (tertiary/aromatic N) is 2. The van der Waals surface area contributed by atoms with E-state index in [1.165, 1.54) is 12.3 Å². The lowest BCUT2D eigenvalue weighted by Gasteiger charge is -2.08. The minimum atomic E-state index is -2.62. The third-order valence-corrected chi connectivity index (χ3v) is 1.96. The molecule has 0 bridgehead atoms. The molecule has 0 fully saturated rings. The molecule has 1 aromatic rings. The molecular weight excluding hydrogens is 218 g/mol. The van der Waals surface area contributed by atoms with Gasteiger partial charge >= 0.3 is 0 Å². The molecule has 0 saturated heterocycles. The van der Waals surface area contributed by atoms with Crippen molar-refractivity contribution in [2.75, 3.05) is 0 Å². The Bertz CT molecular complexity index is 378. The molecule has 0 radical (unpaired) electrons. The van der Waals surface area contributed by atoms with Gasteiger partial charge in [0.2, 0.25) is 17.8 Å². The second-order valence-corrected chi connectivity index (χ2v) is 3.58. The standard InChI is InChI=1S/C10H12F2N2O2/c1-10(11,12)5-3-2-4-9-14-8(6-16-9)13-7-15/h6H,2-5H2,1H3. The summed E-state index contributed by atoms with van der Waals surface area (Å²) in [5.74, 6) is -2.07. The number of aliphatic imine (C=N–C) groups is 1. The topological polar surface area (TPSA) is 55.5 Å². The van der Waals surface area contributed by atoms with E-state index in [2.05, 4.69) is 9.98 Å². The van der Waals surface area contributed by atoms with Gasteiger partial charge in [-0.15, -0.1) is 4.99 Å². The Labute approximate surface area is 91.4 Å². The van der Waals surface area contributed by atoms with Gasteiger partial charge in [0.15, 0.2) is 5.89 Å². The predicted octanol–water partition coefficient (Wildman–Crippen LogP) is 3.01. The fourth-order valence-electron chi connectivity index (χ4n) is 1.23. The molecule has 0 aliphatic rings. The molecule has 0 N–H and O–H groups in total. The van der Waals surface area contributed by atoms with Crippen molar-refractivity contribution in [1.82, 2.24) is 4.98 Å². The van der Waals surface area contributed by atoms with Gasteiger partial charge in [-0.1, -0.05) is 0 Å². The normalized spacial score (nSPS) is 11.2. The van der Waals surface area contributed by atoms with Gasteiger partial charge in [-0.25, -0.2) is 13.6 Å². The SMILES string of the molecule is CC(F)(F)CCCCc1nc(N=C=O)co1. The second-order valence-electron chi connectivity index (χ2n) is 3.58. The Morgan fingerprint density at radius 3 is 2.94 bits per heavy atom. The summed E-state index contributed by atoms with van der Waals surface area (Å²) in [6, 6.07) is 0. The third-order valence-electron chi connectivity index (χ3n) is 1.96. The zero-order chi connectivity index (χ0) is 12.0. The summed E-state index contributed by atoms with van der Waals surface area (Å²) in [6.07, 6.45) is 3.85. The smallest absolute Gasteiger partial charge is 0.245 e. The lowest BCUT2D eigenvalue weighted by Crippen LogP contribution is -2.08. The largest absolute Gasteiger partial charge is 0.447 e. The molecule has 1 aromatic heterocycles. The van der Waals surface area contributed by atoms with Crippen LogP contribution in [-0.2, 0) is 11.2 Å². The molecule has 6 heteroatoms. The molecule has 4 nitrogen and oxygen atoms in total. The molecule has 0 unspecified atom stereocenters. The highest BCUT2D eigenvalue weighted by Crippen LogP contribution is 2.20. The number of isocyanates is 1. The van der Waals surface area contributed by atoms with E-state index in [0.717, 1.165) is 6.92 Å². The van der Waals surface area contributed by atoms with Crippen LogP contribution in [0.4, 0.5) is 14.6 Å². The van der Waals surface area contributed by atoms with Crippen molar-refractivity contribution in [1.29, 1.82) is 0 Å². The molecule has 1 rings (SSSR count). The second kappa shape index (κ2) is 5.51. The molecule has 0 aliphatic carbocycles. The van der Waals surface area contributed by atoms with Crippen LogP contribution in [0.15, 0.2) is 15.7 Å². The zero-order valence-corrected chi connectivity index (χ0v) is 8.87. The molecule has 1 heterocycles. The highest BCUT2D eigenvalue weighted by molar-refractivity contribution is 5.42. The summed E-state index contributed by atoms with van der Waals surface area (Å²) in [6.45, 7) is 0.898. The molecule has 0 aromatic carbocycles. The van der Waals surface area contributed by atoms with Gasteiger partial charge in [0, 0.05) is 12.8 Å². The first-order valence-corrected chi connectivity index (χ1v) is 4.91. The Morgan fingerprint density at radius 2 is 2.31 bits per heavy atom. The van der Waals surface area contributed by atoms with Gasteiger partial charge in [-0.2, -0.15) is 4.98 Å². The van der Waals surface area contributed by atoms with Crippen molar-refractivity contribution < 1.29 is 18.0 Å². The molecule has 0 amide bonds. The van der Waals surface area contributed by atoms with E-state index in [4.69, 9.17) is 4.42 Å². The van der Waals surface area contributed by atoms with Gasteiger partial charge < -0.3 is 4.42 Å². The molecule has 0 aliphatic heterocycles. The average molecular weight is 230 g/mol. The highest BCUT2D eigenvalue weighted by Gasteiger charge is 2.19. The van der Waals surface area contributed by atoms with Crippen LogP contribution in [-0.4, -0.2) is 17.0 Å². The maximum absolute atomic E-state index is 12.5. The van der Waals surface area contributed by atoms with Crippen LogP contribution < -0.4 is 0 Å². The lowest BCUT2D eigenvalue weighted by molar-refractivity contribution is 0.0104. The Hall–Kier alpha value is -1.55. The third kappa shape index (κ3) is 4.79. The van der Waals surface area contributed by atoms with Crippen molar-refractivity contribution in [3.05, 3.63) is 12.2 Å². The van der Waals surface area contributed by atoms with Gasteiger partial charge in [0.1, 0.15) is 6.26 Å². The number of hydrogen-bond donors (Lipinski definition) is 0. The van der Waals surface area contributed by atoms with Crippen LogP contribution in [0.2, 0.25) is 0 Å². The number of aryl methyl sites for hydroxylation is 1. The molecule has 0 saturated carbocycles. The fourth-order valence-corrected chi connectivity index (χ4v) is 1.23. The first-order valence-electron chi connectivity index (χ1n) is 4.91. The van der Waals surface area contributed by atoms with Gasteiger partial charge in [-0.3, -0.25) is 0 Å². The van der Waals surface area contributed by atoms with E-state index in [1.54, 1.807) is 0 Å². The number of carbonyl (C=O) groups excluding carboxylic acids is 1. The van der Waals surface area contributed by atoms with Crippen molar-refractivity contribution in [3.8, 4) is 0 Å². The summed E-state index contributed by atoms with van der Waals surface area (Å²) in [4.78, 5) is 17.0. The number of aromatic nitrogens is 1. The van der Waals surface area contributed by atoms with Crippen LogP contribution in [0.1, 0.15) is 32.1 Å². The minimum Gasteiger partial charge on any atom is -0.447 e. The molecular formula is C10H12F2N2O2. The number of rotatable bonds is 6. The van der Waals surface area contributed by atoms with Gasteiger partial charge in [0.25, 0.3) is 0 Å². The number of hydrogen-bond acceptors (Lipinski definition) is 4. The quantitative estimate of drug-likeness (QED) is 0.429. The Balaban J connectivity index is 2.29. The molecule has 0 spiro atoms. The number of halogens is 2. The van der Waals surface area contributed by atoms with Crippen LogP contribution in [0.3, 0.4) is 0 Å².